The fourth-order valence-corrected chi connectivity index (χ4v) is 1.32. The average molecular weight is 240 g/mol. The minimum atomic E-state index is -0.103. The van der Waals surface area contributed by atoms with Crippen molar-refractivity contribution in [1.29, 1.82) is 10.5 Å². The minimum Gasteiger partial charge on any atom is -0.360 e. The van der Waals surface area contributed by atoms with Crippen LogP contribution in [0.3, 0.4) is 0 Å². The molecule has 0 fully saturated rings. The number of amides is 1. The number of nitriles is 2. The summed E-state index contributed by atoms with van der Waals surface area (Å²) in [5.41, 5.74) is 1.47. The Bertz CT molecular complexity index is 533. The van der Waals surface area contributed by atoms with Gasteiger partial charge in [0.15, 0.2) is 0 Å². The van der Waals surface area contributed by atoms with Crippen LogP contribution in [-0.4, -0.2) is 13.0 Å². The van der Waals surface area contributed by atoms with Crippen LogP contribution in [0.15, 0.2) is 36.0 Å². The number of anilines is 1. The molecule has 0 unspecified atom stereocenters. The van der Waals surface area contributed by atoms with Crippen LogP contribution in [0, 0.1) is 22.7 Å². The van der Waals surface area contributed by atoms with E-state index in [0.29, 0.717) is 5.69 Å². The molecule has 1 rings (SSSR count). The molecule has 18 heavy (non-hydrogen) atoms. The van der Waals surface area contributed by atoms with E-state index in [4.69, 9.17) is 10.5 Å². The summed E-state index contributed by atoms with van der Waals surface area (Å²) in [5.74, 6) is -0.103. The highest BCUT2D eigenvalue weighted by atomic mass is 16.1. The van der Waals surface area contributed by atoms with Crippen molar-refractivity contribution >= 4 is 11.6 Å². The molecule has 1 aromatic carbocycles. The van der Waals surface area contributed by atoms with Crippen LogP contribution in [0.5, 0.6) is 0 Å². The molecular weight excluding hydrogens is 228 g/mol. The van der Waals surface area contributed by atoms with E-state index in [1.54, 1.807) is 25.3 Å². The zero-order chi connectivity index (χ0) is 13.4. The number of allylic oxidation sites excluding steroid dienone is 1. The fourth-order valence-electron chi connectivity index (χ4n) is 1.32. The van der Waals surface area contributed by atoms with Crippen LogP contribution >= 0.6 is 0 Å². The monoisotopic (exact) mass is 240 g/mol. The van der Waals surface area contributed by atoms with Crippen LogP contribution in [0.1, 0.15) is 5.56 Å². The van der Waals surface area contributed by atoms with Crippen molar-refractivity contribution in [2.24, 2.45) is 0 Å². The highest BCUT2D eigenvalue weighted by molar-refractivity contribution is 5.80. The Morgan fingerprint density at radius 1 is 1.33 bits per heavy atom. The summed E-state index contributed by atoms with van der Waals surface area (Å²) < 4.78 is 0. The molecule has 90 valence electrons. The second-order valence-corrected chi connectivity index (χ2v) is 3.43. The van der Waals surface area contributed by atoms with Gasteiger partial charge in [-0.1, -0.05) is 18.2 Å². The third kappa shape index (κ3) is 3.66. The Morgan fingerprint density at radius 3 is 2.61 bits per heavy atom. The Kier molecular flexibility index (Phi) is 4.96. The molecule has 0 aliphatic heterocycles. The SMILES string of the molecule is CNC(=O)Cc1ccccc1NC=C(C#N)C#N. The molecule has 2 N–H and O–H groups in total. The predicted octanol–water partition coefficient (Wildman–Crippen LogP) is 1.32. The van der Waals surface area contributed by atoms with E-state index < -0.39 is 0 Å². The van der Waals surface area contributed by atoms with Gasteiger partial charge in [-0.2, -0.15) is 10.5 Å². The lowest BCUT2D eigenvalue weighted by Gasteiger charge is -2.08. The summed E-state index contributed by atoms with van der Waals surface area (Å²) in [6.07, 6.45) is 1.56. The first-order chi connectivity index (χ1) is 8.71. The molecule has 5 nitrogen and oxygen atoms in total. The van der Waals surface area contributed by atoms with Gasteiger partial charge in [0.1, 0.15) is 17.7 Å². The first kappa shape index (κ1) is 13.3. The molecule has 0 saturated heterocycles. The third-order valence-electron chi connectivity index (χ3n) is 2.26. The van der Waals surface area contributed by atoms with Gasteiger partial charge in [-0.05, 0) is 11.6 Å². The van der Waals surface area contributed by atoms with Crippen molar-refractivity contribution < 1.29 is 4.79 Å². The molecular formula is C13H12N4O. The number of carbonyl (C=O) groups is 1. The Morgan fingerprint density at radius 2 is 2.00 bits per heavy atom. The zero-order valence-corrected chi connectivity index (χ0v) is 9.90. The Labute approximate surface area is 105 Å². The van der Waals surface area contributed by atoms with Gasteiger partial charge < -0.3 is 10.6 Å². The standard InChI is InChI=1S/C13H12N4O/c1-16-13(18)6-11-4-2-3-5-12(11)17-9-10(7-14)8-15/h2-5,9,17H,6H2,1H3,(H,16,18). The van der Waals surface area contributed by atoms with Crippen LogP contribution < -0.4 is 10.6 Å². The Hall–Kier alpha value is -2.79. The van der Waals surface area contributed by atoms with E-state index in [2.05, 4.69) is 10.6 Å². The van der Waals surface area contributed by atoms with Crippen molar-refractivity contribution in [2.75, 3.05) is 12.4 Å². The molecule has 1 aromatic rings. The fraction of sp³-hybridized carbons (Fsp3) is 0.154. The quantitative estimate of drug-likeness (QED) is 0.777. The summed E-state index contributed by atoms with van der Waals surface area (Å²) in [7, 11) is 1.57. The lowest BCUT2D eigenvalue weighted by molar-refractivity contribution is -0.119. The number of nitrogens with zero attached hydrogens (tertiary/aromatic N) is 2. The van der Waals surface area contributed by atoms with Gasteiger partial charge >= 0.3 is 0 Å². The Balaban J connectivity index is 2.90. The third-order valence-corrected chi connectivity index (χ3v) is 2.26. The second kappa shape index (κ2) is 6.72. The van der Waals surface area contributed by atoms with Gasteiger partial charge in [-0.15, -0.1) is 0 Å². The van der Waals surface area contributed by atoms with E-state index >= 15 is 0 Å². The maximum absolute atomic E-state index is 11.3. The van der Waals surface area contributed by atoms with Crippen molar-refractivity contribution in [3.63, 3.8) is 0 Å². The van der Waals surface area contributed by atoms with Crippen molar-refractivity contribution in [1.82, 2.24) is 5.32 Å². The van der Waals surface area contributed by atoms with E-state index in [1.807, 2.05) is 18.2 Å². The molecule has 0 atom stereocenters. The lowest BCUT2D eigenvalue weighted by atomic mass is 10.1. The highest BCUT2D eigenvalue weighted by Crippen LogP contribution is 2.15. The van der Waals surface area contributed by atoms with Gasteiger partial charge in [-0.25, -0.2) is 0 Å². The highest BCUT2D eigenvalue weighted by Gasteiger charge is 2.05. The largest absolute Gasteiger partial charge is 0.360 e. The molecule has 0 saturated carbocycles. The molecule has 0 radical (unpaired) electrons. The predicted molar refractivity (Wildman–Crippen MR) is 67.1 cm³/mol. The van der Waals surface area contributed by atoms with Crippen molar-refractivity contribution in [3.8, 4) is 12.1 Å². The molecule has 5 heteroatoms. The van der Waals surface area contributed by atoms with E-state index in [-0.39, 0.29) is 17.9 Å². The first-order valence-corrected chi connectivity index (χ1v) is 5.26. The minimum absolute atomic E-state index is 0.0234. The van der Waals surface area contributed by atoms with Crippen LogP contribution in [0.25, 0.3) is 0 Å². The van der Waals surface area contributed by atoms with Gasteiger partial charge in [0.05, 0.1) is 6.42 Å². The summed E-state index contributed by atoms with van der Waals surface area (Å²) in [4.78, 5) is 11.3. The molecule has 1 amide bonds. The van der Waals surface area contributed by atoms with Gasteiger partial charge in [0.25, 0.3) is 0 Å². The summed E-state index contributed by atoms with van der Waals surface area (Å²) >= 11 is 0. The molecule has 0 spiro atoms. The first-order valence-electron chi connectivity index (χ1n) is 5.26. The summed E-state index contributed by atoms with van der Waals surface area (Å²) in [5, 5.41) is 22.6. The van der Waals surface area contributed by atoms with Gasteiger partial charge in [0, 0.05) is 18.9 Å². The second-order valence-electron chi connectivity index (χ2n) is 3.43. The van der Waals surface area contributed by atoms with E-state index in [1.165, 1.54) is 6.20 Å². The molecule has 0 aliphatic rings. The van der Waals surface area contributed by atoms with Crippen LogP contribution in [0.2, 0.25) is 0 Å². The number of rotatable bonds is 4. The number of benzene rings is 1. The number of nitrogens with one attached hydrogen (secondary N) is 2. The normalized spacial score (nSPS) is 8.61. The number of para-hydroxylation sites is 1. The topological polar surface area (TPSA) is 88.7 Å². The maximum atomic E-state index is 11.3. The number of hydrogen-bond donors (Lipinski definition) is 2. The lowest BCUT2D eigenvalue weighted by Crippen LogP contribution is -2.20. The molecule has 0 aliphatic carbocycles. The summed E-state index contributed by atoms with van der Waals surface area (Å²) in [6.45, 7) is 0. The van der Waals surface area contributed by atoms with Crippen LogP contribution in [0.4, 0.5) is 5.69 Å². The van der Waals surface area contributed by atoms with Crippen LogP contribution in [-0.2, 0) is 11.2 Å². The number of hydrogen-bond acceptors (Lipinski definition) is 4. The average Bonchev–Trinajstić information content (AvgIpc) is 2.41. The van der Waals surface area contributed by atoms with E-state index in [0.717, 1.165) is 5.56 Å². The summed E-state index contributed by atoms with van der Waals surface area (Å²) in [6, 6.07) is 10.7. The molecule has 0 heterocycles. The molecule has 0 bridgehead atoms. The maximum Gasteiger partial charge on any atom is 0.224 e. The van der Waals surface area contributed by atoms with Gasteiger partial charge in [-0.3, -0.25) is 4.79 Å². The number of carbonyl (C=O) groups excluding carboxylic acids is 1. The zero-order valence-electron chi connectivity index (χ0n) is 9.90. The van der Waals surface area contributed by atoms with Crippen molar-refractivity contribution in [3.05, 3.63) is 41.6 Å². The van der Waals surface area contributed by atoms with Gasteiger partial charge in [0.2, 0.25) is 5.91 Å². The van der Waals surface area contributed by atoms with Crippen molar-refractivity contribution in [2.45, 2.75) is 6.42 Å². The number of likely N-dealkylation sites (N-methyl/N-ethyl adjacent to an activating group) is 1. The smallest absolute Gasteiger partial charge is 0.224 e. The van der Waals surface area contributed by atoms with E-state index in [9.17, 15) is 4.79 Å². The molecule has 0 aromatic heterocycles.